The molecule has 1 N–H and O–H groups in total. The highest BCUT2D eigenvalue weighted by atomic mass is 16.2. The summed E-state index contributed by atoms with van der Waals surface area (Å²) in [6, 6.07) is 4.41. The first-order valence-electron chi connectivity index (χ1n) is 8.26. The molecule has 0 saturated heterocycles. The predicted octanol–water partition coefficient (Wildman–Crippen LogP) is 3.70. The van der Waals surface area contributed by atoms with Crippen molar-refractivity contribution >= 4 is 11.6 Å². The Bertz CT molecular complexity index is 449. The third kappa shape index (κ3) is 4.45. The molecule has 116 valence electrons. The maximum Gasteiger partial charge on any atom is 0.272 e. The highest BCUT2D eigenvalue weighted by Gasteiger charge is 2.18. The molecule has 1 heterocycles. The Kier molecular flexibility index (Phi) is 6.03. The molecular formula is C17H27N3O. The Morgan fingerprint density at radius 1 is 1.29 bits per heavy atom. The molecule has 1 saturated carbocycles. The van der Waals surface area contributed by atoms with Crippen LogP contribution in [0, 0.1) is 0 Å². The third-order valence-electron chi connectivity index (χ3n) is 3.98. The molecule has 0 spiro atoms. The second-order valence-corrected chi connectivity index (χ2v) is 5.85. The molecule has 4 nitrogen and oxygen atoms in total. The van der Waals surface area contributed by atoms with E-state index in [0.717, 1.165) is 31.6 Å². The summed E-state index contributed by atoms with van der Waals surface area (Å²) in [6.45, 7) is 5.80. The van der Waals surface area contributed by atoms with Crippen molar-refractivity contribution in [2.75, 3.05) is 18.4 Å². The summed E-state index contributed by atoms with van der Waals surface area (Å²) in [5, 5.41) is 3.53. The Balaban J connectivity index is 2.05. The van der Waals surface area contributed by atoms with Gasteiger partial charge in [0.1, 0.15) is 5.69 Å². The Morgan fingerprint density at radius 2 is 1.95 bits per heavy atom. The summed E-state index contributed by atoms with van der Waals surface area (Å²) in [6.07, 6.45) is 8.75. The van der Waals surface area contributed by atoms with Crippen molar-refractivity contribution < 1.29 is 4.79 Å². The number of aromatic nitrogens is 1. The first-order valence-corrected chi connectivity index (χ1v) is 8.26. The molecule has 0 aromatic carbocycles. The van der Waals surface area contributed by atoms with E-state index in [4.69, 9.17) is 0 Å². The number of hydrogen-bond acceptors (Lipinski definition) is 3. The topological polar surface area (TPSA) is 45.2 Å². The number of rotatable bonds is 7. The van der Waals surface area contributed by atoms with Crippen LogP contribution in [0.2, 0.25) is 0 Å². The van der Waals surface area contributed by atoms with Crippen LogP contribution in [0.3, 0.4) is 0 Å². The summed E-state index contributed by atoms with van der Waals surface area (Å²) < 4.78 is 0. The SMILES string of the molecule is CCCN(CCC)C(=O)c1cc(NC2CCCC2)ccn1. The molecule has 0 aliphatic heterocycles. The largest absolute Gasteiger partial charge is 0.382 e. The maximum atomic E-state index is 12.5. The van der Waals surface area contributed by atoms with Gasteiger partial charge in [-0.25, -0.2) is 0 Å². The molecule has 0 unspecified atom stereocenters. The minimum Gasteiger partial charge on any atom is -0.382 e. The minimum absolute atomic E-state index is 0.0498. The van der Waals surface area contributed by atoms with Gasteiger partial charge in [-0.15, -0.1) is 0 Å². The number of carbonyl (C=O) groups excluding carboxylic acids is 1. The lowest BCUT2D eigenvalue weighted by Crippen LogP contribution is -2.33. The smallest absolute Gasteiger partial charge is 0.272 e. The first-order chi connectivity index (χ1) is 10.2. The lowest BCUT2D eigenvalue weighted by Gasteiger charge is -2.21. The third-order valence-corrected chi connectivity index (χ3v) is 3.98. The van der Waals surface area contributed by atoms with Crippen molar-refractivity contribution in [2.45, 2.75) is 58.4 Å². The highest BCUT2D eigenvalue weighted by molar-refractivity contribution is 5.93. The predicted molar refractivity (Wildman–Crippen MR) is 86.6 cm³/mol. The fourth-order valence-corrected chi connectivity index (χ4v) is 2.96. The van der Waals surface area contributed by atoms with Gasteiger partial charge in [-0.05, 0) is 37.8 Å². The zero-order valence-electron chi connectivity index (χ0n) is 13.3. The monoisotopic (exact) mass is 289 g/mol. The van der Waals surface area contributed by atoms with Crippen LogP contribution in [0.5, 0.6) is 0 Å². The second kappa shape index (κ2) is 8.01. The van der Waals surface area contributed by atoms with Gasteiger partial charge in [0.15, 0.2) is 0 Å². The molecule has 0 radical (unpaired) electrons. The Hall–Kier alpha value is -1.58. The number of hydrogen-bond donors (Lipinski definition) is 1. The van der Waals surface area contributed by atoms with Gasteiger partial charge >= 0.3 is 0 Å². The van der Waals surface area contributed by atoms with Crippen molar-refractivity contribution in [1.82, 2.24) is 9.88 Å². The van der Waals surface area contributed by atoms with Crippen LogP contribution in [-0.2, 0) is 0 Å². The van der Waals surface area contributed by atoms with Gasteiger partial charge in [0.05, 0.1) is 0 Å². The second-order valence-electron chi connectivity index (χ2n) is 5.85. The average molecular weight is 289 g/mol. The van der Waals surface area contributed by atoms with E-state index < -0.39 is 0 Å². The van der Waals surface area contributed by atoms with Gasteiger partial charge in [-0.1, -0.05) is 26.7 Å². The van der Waals surface area contributed by atoms with Gasteiger partial charge in [0, 0.05) is 31.0 Å². The molecule has 0 atom stereocenters. The number of amides is 1. The van der Waals surface area contributed by atoms with Crippen LogP contribution < -0.4 is 5.32 Å². The summed E-state index contributed by atoms with van der Waals surface area (Å²) >= 11 is 0. The summed E-state index contributed by atoms with van der Waals surface area (Å²) in [5.41, 5.74) is 1.58. The lowest BCUT2D eigenvalue weighted by atomic mass is 10.2. The number of carbonyl (C=O) groups is 1. The van der Waals surface area contributed by atoms with Crippen LogP contribution in [0.1, 0.15) is 62.9 Å². The summed E-state index contributed by atoms with van der Waals surface area (Å²) in [5.74, 6) is 0.0498. The van der Waals surface area contributed by atoms with Crippen molar-refractivity contribution in [3.63, 3.8) is 0 Å². The van der Waals surface area contributed by atoms with E-state index in [9.17, 15) is 4.79 Å². The molecule has 1 aliphatic carbocycles. The van der Waals surface area contributed by atoms with Crippen molar-refractivity contribution in [3.8, 4) is 0 Å². The molecule has 21 heavy (non-hydrogen) atoms. The van der Waals surface area contributed by atoms with Crippen molar-refractivity contribution in [1.29, 1.82) is 0 Å². The molecule has 2 rings (SSSR count). The minimum atomic E-state index is 0.0498. The molecule has 1 amide bonds. The van der Waals surface area contributed by atoms with Crippen LogP contribution in [0.15, 0.2) is 18.3 Å². The van der Waals surface area contributed by atoms with Gasteiger partial charge in [0.2, 0.25) is 0 Å². The normalized spacial score (nSPS) is 15.1. The van der Waals surface area contributed by atoms with E-state index in [0.29, 0.717) is 11.7 Å². The number of anilines is 1. The van der Waals surface area contributed by atoms with Crippen LogP contribution in [0.25, 0.3) is 0 Å². The van der Waals surface area contributed by atoms with E-state index in [1.807, 2.05) is 17.0 Å². The van der Waals surface area contributed by atoms with Crippen molar-refractivity contribution in [2.24, 2.45) is 0 Å². The van der Waals surface area contributed by atoms with E-state index in [1.165, 1.54) is 25.7 Å². The number of nitrogens with zero attached hydrogens (tertiary/aromatic N) is 2. The Morgan fingerprint density at radius 3 is 2.57 bits per heavy atom. The van der Waals surface area contributed by atoms with E-state index in [-0.39, 0.29) is 5.91 Å². The van der Waals surface area contributed by atoms with Gasteiger partial charge in [0.25, 0.3) is 5.91 Å². The van der Waals surface area contributed by atoms with Crippen LogP contribution in [0.4, 0.5) is 5.69 Å². The van der Waals surface area contributed by atoms with Crippen molar-refractivity contribution in [3.05, 3.63) is 24.0 Å². The van der Waals surface area contributed by atoms with E-state index in [2.05, 4.69) is 24.1 Å². The molecule has 4 heteroatoms. The zero-order chi connectivity index (χ0) is 15.1. The average Bonchev–Trinajstić information content (AvgIpc) is 2.99. The maximum absolute atomic E-state index is 12.5. The van der Waals surface area contributed by atoms with E-state index in [1.54, 1.807) is 6.20 Å². The van der Waals surface area contributed by atoms with E-state index >= 15 is 0 Å². The molecular weight excluding hydrogens is 262 g/mol. The molecule has 1 aromatic rings. The highest BCUT2D eigenvalue weighted by Crippen LogP contribution is 2.22. The molecule has 1 aromatic heterocycles. The van der Waals surface area contributed by atoms with Crippen LogP contribution in [-0.4, -0.2) is 34.9 Å². The standard InChI is InChI=1S/C17H27N3O/c1-3-11-20(12-4-2)17(21)16-13-15(9-10-18-16)19-14-7-5-6-8-14/h9-10,13-14H,3-8,11-12H2,1-2H3,(H,18,19). The summed E-state index contributed by atoms with van der Waals surface area (Å²) in [4.78, 5) is 18.7. The Labute approximate surface area is 127 Å². The number of pyridine rings is 1. The quantitative estimate of drug-likeness (QED) is 0.832. The fourth-order valence-electron chi connectivity index (χ4n) is 2.96. The van der Waals surface area contributed by atoms with Gasteiger partial charge < -0.3 is 10.2 Å². The molecule has 0 bridgehead atoms. The lowest BCUT2D eigenvalue weighted by molar-refractivity contribution is 0.0749. The fraction of sp³-hybridized carbons (Fsp3) is 0.647. The van der Waals surface area contributed by atoms with Gasteiger partial charge in [-0.2, -0.15) is 0 Å². The zero-order valence-corrected chi connectivity index (χ0v) is 13.3. The van der Waals surface area contributed by atoms with Crippen LogP contribution >= 0.6 is 0 Å². The number of nitrogens with one attached hydrogen (secondary N) is 1. The molecule has 1 aliphatic rings. The summed E-state index contributed by atoms with van der Waals surface area (Å²) in [7, 11) is 0. The molecule has 1 fully saturated rings. The first kappa shape index (κ1) is 15.8. The van der Waals surface area contributed by atoms with Gasteiger partial charge in [-0.3, -0.25) is 9.78 Å².